The van der Waals surface area contributed by atoms with E-state index in [2.05, 4.69) is 13.8 Å². The van der Waals surface area contributed by atoms with E-state index in [1.54, 1.807) is 13.8 Å². The Morgan fingerprint density at radius 2 is 0.757 bits per heavy atom. The predicted octanol–water partition coefficient (Wildman–Crippen LogP) is 8.29. The summed E-state index contributed by atoms with van der Waals surface area (Å²) in [5, 5.41) is 0. The smallest absolute Gasteiger partial charge is 0.0654 e. The number of esters is 4. The van der Waals surface area contributed by atoms with Gasteiger partial charge in [-0.15, -0.1) is 0 Å². The molecule has 0 bridgehead atoms. The molecule has 0 aromatic carbocycles. The number of rotatable bonds is 24. The van der Waals surface area contributed by atoms with Crippen LogP contribution in [0.5, 0.6) is 0 Å². The Kier molecular flexibility index (Phi) is 24.7. The van der Waals surface area contributed by atoms with Crippen LogP contribution in [-0.4, -0.2) is 45.0 Å². The van der Waals surface area contributed by atoms with Crippen molar-refractivity contribution in [2.75, 3.05) is 0 Å². The molecule has 0 fully saturated rings. The Morgan fingerprint density at radius 3 is 1.05 bits per heavy atom. The zero-order chi connectivity index (χ0) is 27.7. The molecule has 2 atom stereocenters. The van der Waals surface area contributed by atoms with Crippen molar-refractivity contribution in [3.8, 4) is 0 Å². The average Bonchev–Trinajstić information content (AvgIpc) is 2.86. The van der Waals surface area contributed by atoms with Crippen molar-refractivity contribution >= 4 is 45.0 Å². The fourth-order valence-electron chi connectivity index (χ4n) is 4.17. The van der Waals surface area contributed by atoms with Crippen molar-refractivity contribution in [2.45, 2.75) is 164 Å². The van der Waals surface area contributed by atoms with Crippen LogP contribution >= 0.6 is 0 Å². The first-order chi connectivity index (χ1) is 17.8. The summed E-state index contributed by atoms with van der Waals surface area (Å²) in [5.41, 5.74) is 0. The first-order valence-corrected chi connectivity index (χ1v) is 18.4. The topological polar surface area (TPSA) is 86.7 Å². The molecule has 0 aliphatic carbocycles. The van der Waals surface area contributed by atoms with Gasteiger partial charge in [0.05, 0.1) is 0 Å². The molecule has 0 saturated carbocycles. The second-order valence-corrected chi connectivity index (χ2v) is 16.2. The molecule has 7 heteroatoms. The SMILES string of the molecule is CCCCCCCCCCCC(=O)OC(=O)[CH](C)[Sn][CH](C)C(=O)OC(=O)CCCCCCCCCCC. The molecule has 0 saturated heterocycles. The summed E-state index contributed by atoms with van der Waals surface area (Å²) >= 11 is -1.57. The van der Waals surface area contributed by atoms with E-state index in [1.165, 1.54) is 77.0 Å². The number of hydrogen-bond acceptors (Lipinski definition) is 6. The summed E-state index contributed by atoms with van der Waals surface area (Å²) in [6, 6.07) is 0. The minimum Gasteiger partial charge on any atom is -0.0654 e. The van der Waals surface area contributed by atoms with Crippen LogP contribution in [0, 0.1) is 0 Å². The molecular formula is C30H54O6Sn. The Bertz CT molecular complexity index is 569. The van der Waals surface area contributed by atoms with Gasteiger partial charge < -0.3 is 0 Å². The summed E-state index contributed by atoms with van der Waals surface area (Å²) in [6.45, 7) is 7.83. The Morgan fingerprint density at radius 1 is 0.486 bits per heavy atom. The van der Waals surface area contributed by atoms with Crippen LogP contribution < -0.4 is 0 Å². The van der Waals surface area contributed by atoms with Gasteiger partial charge in [0.15, 0.2) is 0 Å². The van der Waals surface area contributed by atoms with Gasteiger partial charge in [-0.05, 0) is 0 Å². The quantitative estimate of drug-likeness (QED) is 0.0462. The van der Waals surface area contributed by atoms with E-state index in [4.69, 9.17) is 9.47 Å². The zero-order valence-corrected chi connectivity index (χ0v) is 27.1. The number of unbranched alkanes of at least 4 members (excludes halogenated alkanes) is 16. The predicted molar refractivity (Wildman–Crippen MR) is 150 cm³/mol. The summed E-state index contributed by atoms with van der Waals surface area (Å²) in [4.78, 5) is 48.5. The van der Waals surface area contributed by atoms with Gasteiger partial charge in [0.25, 0.3) is 0 Å². The van der Waals surface area contributed by atoms with E-state index in [9.17, 15) is 19.2 Å². The number of carbonyl (C=O) groups excluding carboxylic acids is 4. The average molecular weight is 629 g/mol. The van der Waals surface area contributed by atoms with E-state index in [-0.39, 0.29) is 12.8 Å². The van der Waals surface area contributed by atoms with Crippen LogP contribution in [0.25, 0.3) is 0 Å². The second kappa shape index (κ2) is 25.4. The van der Waals surface area contributed by atoms with Crippen molar-refractivity contribution in [1.82, 2.24) is 0 Å². The minimum absolute atomic E-state index is 0.254. The monoisotopic (exact) mass is 630 g/mol. The molecule has 0 aliphatic rings. The molecule has 0 aromatic rings. The number of hydrogen-bond donors (Lipinski definition) is 0. The second-order valence-electron chi connectivity index (χ2n) is 10.4. The molecule has 0 aliphatic heterocycles. The Balaban J connectivity index is 3.90. The molecule has 0 amide bonds. The molecule has 2 radical (unpaired) electrons. The molecule has 0 aromatic heterocycles. The fraction of sp³-hybridized carbons (Fsp3) is 0.867. The summed E-state index contributed by atoms with van der Waals surface area (Å²) in [5.74, 6) is -2.06. The van der Waals surface area contributed by atoms with E-state index in [1.807, 2.05) is 0 Å². The first-order valence-electron chi connectivity index (χ1n) is 15.1. The summed E-state index contributed by atoms with van der Waals surface area (Å²) < 4.78 is 9.10. The molecule has 2 unspecified atom stereocenters. The molecule has 37 heavy (non-hydrogen) atoms. The number of ether oxygens (including phenoxy) is 2. The minimum atomic E-state index is -1.57. The molecule has 0 spiro atoms. The van der Waals surface area contributed by atoms with Crippen LogP contribution in [0.4, 0.5) is 0 Å². The third kappa shape index (κ3) is 22.7. The van der Waals surface area contributed by atoms with E-state index < -0.39 is 52.9 Å². The van der Waals surface area contributed by atoms with Gasteiger partial charge in [0.2, 0.25) is 0 Å². The normalized spacial score (nSPS) is 12.6. The maximum absolute atomic E-state index is 12.3. The third-order valence-electron chi connectivity index (χ3n) is 6.60. The van der Waals surface area contributed by atoms with Gasteiger partial charge in [-0.3, -0.25) is 0 Å². The maximum atomic E-state index is 12.3. The Labute approximate surface area is 237 Å². The van der Waals surface area contributed by atoms with Crippen LogP contribution in [0.2, 0.25) is 7.87 Å². The zero-order valence-electron chi connectivity index (χ0n) is 24.2. The molecule has 0 N–H and O–H groups in total. The van der Waals surface area contributed by atoms with E-state index >= 15 is 0 Å². The van der Waals surface area contributed by atoms with Crippen molar-refractivity contribution in [2.24, 2.45) is 0 Å². The summed E-state index contributed by atoms with van der Waals surface area (Å²) in [7, 11) is 0. The van der Waals surface area contributed by atoms with Gasteiger partial charge in [-0.2, -0.15) is 0 Å². The number of carbonyl (C=O) groups is 4. The van der Waals surface area contributed by atoms with Crippen molar-refractivity contribution in [3.63, 3.8) is 0 Å². The van der Waals surface area contributed by atoms with Crippen molar-refractivity contribution in [3.05, 3.63) is 0 Å². The molecule has 214 valence electrons. The van der Waals surface area contributed by atoms with Gasteiger partial charge in [-0.25, -0.2) is 0 Å². The standard InChI is InChI=1S/2C15H27O3.Sn/c2*1-3-5-6-7-8-9-10-11-12-13-15(17)18-14(16)4-2;/h2*4H,3,5-13H2,1-2H3;. The van der Waals surface area contributed by atoms with Gasteiger partial charge in [-0.1, -0.05) is 39.5 Å². The van der Waals surface area contributed by atoms with Gasteiger partial charge in [0.1, 0.15) is 0 Å². The van der Waals surface area contributed by atoms with Crippen LogP contribution in [0.1, 0.15) is 156 Å². The molecule has 0 heterocycles. The molecular weight excluding hydrogens is 575 g/mol. The van der Waals surface area contributed by atoms with Crippen molar-refractivity contribution < 1.29 is 28.7 Å². The summed E-state index contributed by atoms with van der Waals surface area (Å²) in [6.07, 6.45) is 21.3. The van der Waals surface area contributed by atoms with Crippen molar-refractivity contribution in [1.29, 1.82) is 0 Å². The van der Waals surface area contributed by atoms with Gasteiger partial charge in [0, 0.05) is 0 Å². The first kappa shape index (κ1) is 36.1. The van der Waals surface area contributed by atoms with E-state index in [0.29, 0.717) is 0 Å². The Hall–Kier alpha value is -0.921. The third-order valence-corrected chi connectivity index (χ3v) is 10.8. The van der Waals surface area contributed by atoms with E-state index in [0.717, 1.165) is 38.5 Å². The van der Waals surface area contributed by atoms with Crippen LogP contribution in [0.3, 0.4) is 0 Å². The van der Waals surface area contributed by atoms with Crippen LogP contribution in [0.15, 0.2) is 0 Å². The molecule has 0 rings (SSSR count). The van der Waals surface area contributed by atoms with Gasteiger partial charge >= 0.3 is 198 Å². The fourth-order valence-corrected chi connectivity index (χ4v) is 7.43. The molecule has 6 nitrogen and oxygen atoms in total. The van der Waals surface area contributed by atoms with Crippen LogP contribution in [-0.2, 0) is 28.7 Å².